The molecule has 0 unspecified atom stereocenters. The Morgan fingerprint density at radius 2 is 1.75 bits per heavy atom. The lowest BCUT2D eigenvalue weighted by atomic mass is 10.1. The number of benzene rings is 3. The van der Waals surface area contributed by atoms with Gasteiger partial charge in [-0.15, -0.1) is 0 Å². The summed E-state index contributed by atoms with van der Waals surface area (Å²) in [4.78, 5) is 29.5. The third-order valence-electron chi connectivity index (χ3n) is 5.73. The number of carbonyl (C=O) groups is 2. The number of ether oxygens (including phenoxy) is 2. The maximum absolute atomic E-state index is 13.5. The number of halogens is 2. The summed E-state index contributed by atoms with van der Waals surface area (Å²) in [6.45, 7) is 0.229. The molecule has 1 aliphatic rings. The van der Waals surface area contributed by atoms with E-state index in [-0.39, 0.29) is 24.0 Å². The molecule has 1 fully saturated rings. The summed E-state index contributed by atoms with van der Waals surface area (Å²) in [7, 11) is 3.07. The minimum atomic E-state index is -0.891. The zero-order chi connectivity index (χ0) is 25.8. The average Bonchev–Trinajstić information content (AvgIpc) is 3.09. The molecule has 36 heavy (non-hydrogen) atoms. The van der Waals surface area contributed by atoms with Crippen LogP contribution in [0.15, 0.2) is 66.7 Å². The summed E-state index contributed by atoms with van der Waals surface area (Å²) in [6.07, 6.45) is -0.171. The molecule has 1 N–H and O–H groups in total. The zero-order valence-corrected chi connectivity index (χ0v) is 21.1. The second-order valence-corrected chi connectivity index (χ2v) is 8.77. The summed E-state index contributed by atoms with van der Waals surface area (Å²) in [5.41, 5.74) is 1.65. The molecule has 0 spiro atoms. The Kier molecular flexibility index (Phi) is 7.71. The summed E-state index contributed by atoms with van der Waals surface area (Å²) in [5, 5.41) is 3.34. The third-order valence-corrected chi connectivity index (χ3v) is 6.48. The number of anilines is 2. The summed E-state index contributed by atoms with van der Waals surface area (Å²) < 4.78 is 24.2. The fraction of sp³-hybridized carbons (Fsp3) is 0.192. The van der Waals surface area contributed by atoms with Crippen molar-refractivity contribution >= 4 is 52.1 Å². The number of thiocarbonyl (C=S) groups is 1. The van der Waals surface area contributed by atoms with Gasteiger partial charge in [-0.3, -0.25) is 14.5 Å². The molecule has 2 amide bonds. The van der Waals surface area contributed by atoms with Crippen molar-refractivity contribution in [3.63, 3.8) is 0 Å². The lowest BCUT2D eigenvalue weighted by molar-refractivity contribution is -0.124. The maximum atomic E-state index is 13.5. The van der Waals surface area contributed by atoms with Crippen LogP contribution in [-0.2, 0) is 16.1 Å². The number of nitrogens with one attached hydrogen (secondary N) is 1. The number of nitrogens with zero attached hydrogens (tertiary/aromatic N) is 2. The number of carbonyl (C=O) groups excluding carboxylic acids is 2. The Bertz CT molecular complexity index is 1300. The van der Waals surface area contributed by atoms with E-state index in [1.807, 2.05) is 6.07 Å². The molecule has 0 bridgehead atoms. The van der Waals surface area contributed by atoms with Gasteiger partial charge >= 0.3 is 0 Å². The Morgan fingerprint density at radius 1 is 1.06 bits per heavy atom. The third kappa shape index (κ3) is 5.27. The molecule has 1 aliphatic heterocycles. The van der Waals surface area contributed by atoms with Gasteiger partial charge < -0.3 is 19.7 Å². The van der Waals surface area contributed by atoms with Gasteiger partial charge in [0, 0.05) is 6.54 Å². The lowest BCUT2D eigenvalue weighted by Gasteiger charge is -2.24. The number of rotatable bonds is 8. The van der Waals surface area contributed by atoms with E-state index in [4.69, 9.17) is 33.3 Å². The monoisotopic (exact) mass is 527 g/mol. The fourth-order valence-electron chi connectivity index (χ4n) is 3.96. The SMILES string of the molecule is COc1ccc(CN2C(=S)N(c3ccc(F)cc3)C(=O)[C@@H]2CC(=O)Nc2ccccc2Cl)cc1OC. The molecule has 0 saturated carbocycles. The first-order valence-electron chi connectivity index (χ1n) is 11.0. The number of hydrogen-bond donors (Lipinski definition) is 1. The van der Waals surface area contributed by atoms with Crippen molar-refractivity contribution in [3.05, 3.63) is 83.1 Å². The van der Waals surface area contributed by atoms with Crippen LogP contribution >= 0.6 is 23.8 Å². The van der Waals surface area contributed by atoms with Gasteiger partial charge in [-0.1, -0.05) is 29.8 Å². The number of methoxy groups -OCH3 is 2. The van der Waals surface area contributed by atoms with E-state index in [1.54, 1.807) is 48.4 Å². The minimum Gasteiger partial charge on any atom is -0.493 e. The largest absolute Gasteiger partial charge is 0.493 e. The molecule has 3 aromatic carbocycles. The molecule has 7 nitrogen and oxygen atoms in total. The van der Waals surface area contributed by atoms with E-state index in [2.05, 4.69) is 5.32 Å². The highest BCUT2D eigenvalue weighted by Crippen LogP contribution is 2.32. The molecular weight excluding hydrogens is 505 g/mol. The van der Waals surface area contributed by atoms with Crippen molar-refractivity contribution in [3.8, 4) is 11.5 Å². The van der Waals surface area contributed by atoms with E-state index in [1.165, 1.54) is 36.3 Å². The second kappa shape index (κ2) is 10.9. The predicted molar refractivity (Wildman–Crippen MR) is 140 cm³/mol. The van der Waals surface area contributed by atoms with E-state index in [9.17, 15) is 14.0 Å². The second-order valence-electron chi connectivity index (χ2n) is 8.00. The first-order chi connectivity index (χ1) is 17.3. The number of amides is 2. The van der Waals surface area contributed by atoms with Crippen molar-refractivity contribution in [2.75, 3.05) is 24.4 Å². The van der Waals surface area contributed by atoms with Crippen LogP contribution in [0.2, 0.25) is 5.02 Å². The zero-order valence-electron chi connectivity index (χ0n) is 19.5. The number of hydrogen-bond acceptors (Lipinski definition) is 5. The average molecular weight is 528 g/mol. The quantitative estimate of drug-likeness (QED) is 0.414. The van der Waals surface area contributed by atoms with Crippen molar-refractivity contribution in [1.29, 1.82) is 0 Å². The van der Waals surface area contributed by atoms with Gasteiger partial charge in [0.15, 0.2) is 16.6 Å². The highest BCUT2D eigenvalue weighted by atomic mass is 35.5. The van der Waals surface area contributed by atoms with Gasteiger partial charge in [0.1, 0.15) is 11.9 Å². The van der Waals surface area contributed by atoms with Crippen LogP contribution in [0.5, 0.6) is 11.5 Å². The molecule has 1 heterocycles. The predicted octanol–water partition coefficient (Wildman–Crippen LogP) is 5.03. The van der Waals surface area contributed by atoms with Crippen LogP contribution in [0.25, 0.3) is 0 Å². The Balaban J connectivity index is 1.64. The van der Waals surface area contributed by atoms with Gasteiger partial charge in [0.25, 0.3) is 5.91 Å². The highest BCUT2D eigenvalue weighted by molar-refractivity contribution is 7.80. The van der Waals surface area contributed by atoms with Crippen LogP contribution < -0.4 is 19.7 Å². The van der Waals surface area contributed by atoms with Gasteiger partial charge in [0.2, 0.25) is 5.91 Å². The van der Waals surface area contributed by atoms with Crippen LogP contribution in [0.4, 0.5) is 15.8 Å². The molecule has 0 aromatic heterocycles. The smallest absolute Gasteiger partial charge is 0.256 e. The minimum absolute atomic E-state index is 0.171. The van der Waals surface area contributed by atoms with E-state index in [0.29, 0.717) is 27.9 Å². The summed E-state index contributed by atoms with van der Waals surface area (Å²) in [6, 6.07) is 16.8. The molecule has 1 atom stereocenters. The normalized spacial score (nSPS) is 15.3. The maximum Gasteiger partial charge on any atom is 0.256 e. The van der Waals surface area contributed by atoms with Crippen molar-refractivity contribution in [2.45, 2.75) is 19.0 Å². The Morgan fingerprint density at radius 3 is 2.42 bits per heavy atom. The molecule has 186 valence electrons. The summed E-state index contributed by atoms with van der Waals surface area (Å²) >= 11 is 11.8. The van der Waals surface area contributed by atoms with E-state index in [0.717, 1.165) is 5.56 Å². The Hall–Kier alpha value is -3.69. The molecule has 10 heteroatoms. The first-order valence-corrected chi connectivity index (χ1v) is 11.8. The van der Waals surface area contributed by atoms with Crippen molar-refractivity contribution in [2.24, 2.45) is 0 Å². The van der Waals surface area contributed by atoms with Gasteiger partial charge in [-0.2, -0.15) is 0 Å². The lowest BCUT2D eigenvalue weighted by Crippen LogP contribution is -2.37. The Labute approximate surface area is 218 Å². The van der Waals surface area contributed by atoms with Gasteiger partial charge in [0.05, 0.1) is 37.0 Å². The van der Waals surface area contributed by atoms with Crippen LogP contribution in [-0.4, -0.2) is 42.1 Å². The van der Waals surface area contributed by atoms with Crippen molar-refractivity contribution in [1.82, 2.24) is 4.90 Å². The summed E-state index contributed by atoms with van der Waals surface area (Å²) in [5.74, 6) is -0.141. The number of para-hydroxylation sites is 1. The molecular formula is C26H23ClFN3O4S. The van der Waals surface area contributed by atoms with Gasteiger partial charge in [-0.05, 0) is 66.3 Å². The first kappa shape index (κ1) is 25.4. The van der Waals surface area contributed by atoms with Crippen LogP contribution in [0.1, 0.15) is 12.0 Å². The molecule has 0 aliphatic carbocycles. The van der Waals surface area contributed by atoms with E-state index >= 15 is 0 Å². The standard InChI is InChI=1S/C26H23ClFN3O4S/c1-34-22-12-7-16(13-23(22)35-2)15-30-21(14-24(32)29-20-6-4-3-5-19(20)27)25(33)31(26(30)36)18-10-8-17(28)9-11-18/h3-13,21H,14-15H2,1-2H3,(H,29,32)/t21-/m0/s1. The topological polar surface area (TPSA) is 71.1 Å². The van der Waals surface area contributed by atoms with Crippen molar-refractivity contribution < 1.29 is 23.5 Å². The van der Waals surface area contributed by atoms with Crippen LogP contribution in [0.3, 0.4) is 0 Å². The molecule has 0 radical (unpaired) electrons. The molecule has 4 rings (SSSR count). The highest BCUT2D eigenvalue weighted by Gasteiger charge is 2.44. The van der Waals surface area contributed by atoms with Crippen LogP contribution in [0, 0.1) is 5.82 Å². The fourth-order valence-corrected chi connectivity index (χ4v) is 4.53. The van der Waals surface area contributed by atoms with Gasteiger partial charge in [-0.25, -0.2) is 4.39 Å². The van der Waals surface area contributed by atoms with E-state index < -0.39 is 17.8 Å². The molecule has 3 aromatic rings. The molecule has 1 saturated heterocycles.